The molecule has 7 nitrogen and oxygen atoms in total. The number of carboxylic acid groups (broad SMARTS) is 1. The molecule has 0 aliphatic carbocycles. The standard InChI is InChI=1S/C21H18N2O5/c1-28-17-9-12(7-8-16(17)24)14-10-18(25)22-19-15(21(26)27)11-23(20(14)19)13-5-3-2-4-6-13/h2-9,11,14,24H,10H2,1H3,(H,22,25)(H,26,27)/t14-/m1/s1. The fourth-order valence-corrected chi connectivity index (χ4v) is 3.62. The molecule has 0 spiro atoms. The molecule has 0 saturated heterocycles. The fourth-order valence-electron chi connectivity index (χ4n) is 3.62. The van der Waals surface area contributed by atoms with Crippen LogP contribution in [0.2, 0.25) is 0 Å². The number of rotatable bonds is 4. The molecule has 0 radical (unpaired) electrons. The van der Waals surface area contributed by atoms with Gasteiger partial charge in [0, 0.05) is 24.2 Å². The first kappa shape index (κ1) is 17.7. The maximum absolute atomic E-state index is 12.4. The van der Waals surface area contributed by atoms with E-state index >= 15 is 0 Å². The molecule has 0 bridgehead atoms. The lowest BCUT2D eigenvalue weighted by molar-refractivity contribution is -0.116. The maximum atomic E-state index is 12.4. The molecule has 3 aromatic rings. The number of aromatic nitrogens is 1. The summed E-state index contributed by atoms with van der Waals surface area (Å²) in [5.41, 5.74) is 2.54. The molecular weight excluding hydrogens is 360 g/mol. The molecule has 1 aliphatic heterocycles. The van der Waals surface area contributed by atoms with E-state index < -0.39 is 11.9 Å². The van der Waals surface area contributed by atoms with E-state index in [0.29, 0.717) is 17.1 Å². The minimum atomic E-state index is -1.12. The third-order valence-electron chi connectivity index (χ3n) is 4.90. The second kappa shape index (κ2) is 6.77. The van der Waals surface area contributed by atoms with Crippen LogP contribution in [0.1, 0.15) is 34.0 Å². The zero-order valence-corrected chi connectivity index (χ0v) is 15.0. The van der Waals surface area contributed by atoms with Crippen LogP contribution in [0.15, 0.2) is 54.7 Å². The number of amides is 1. The van der Waals surface area contributed by atoms with E-state index in [0.717, 1.165) is 11.3 Å². The van der Waals surface area contributed by atoms with Crippen LogP contribution in [-0.2, 0) is 4.79 Å². The average Bonchev–Trinajstić information content (AvgIpc) is 3.08. The highest BCUT2D eigenvalue weighted by Crippen LogP contribution is 2.43. The summed E-state index contributed by atoms with van der Waals surface area (Å²) in [5.74, 6) is -1.49. The maximum Gasteiger partial charge on any atom is 0.339 e. The molecule has 0 saturated carbocycles. The van der Waals surface area contributed by atoms with E-state index in [1.165, 1.54) is 19.4 Å². The van der Waals surface area contributed by atoms with Gasteiger partial charge in [-0.1, -0.05) is 24.3 Å². The number of ether oxygens (including phenoxy) is 1. The highest BCUT2D eigenvalue weighted by Gasteiger charge is 2.34. The number of phenols is 1. The van der Waals surface area contributed by atoms with Crippen molar-refractivity contribution >= 4 is 17.6 Å². The van der Waals surface area contributed by atoms with Gasteiger partial charge in [0.2, 0.25) is 5.91 Å². The Balaban J connectivity index is 1.96. The van der Waals surface area contributed by atoms with Gasteiger partial charge >= 0.3 is 5.97 Å². The van der Waals surface area contributed by atoms with Crippen molar-refractivity contribution in [1.29, 1.82) is 0 Å². The topological polar surface area (TPSA) is 101 Å². The van der Waals surface area contributed by atoms with Crippen LogP contribution in [0.5, 0.6) is 11.5 Å². The predicted octanol–water partition coefficient (Wildman–Crippen LogP) is 3.36. The van der Waals surface area contributed by atoms with Crippen molar-refractivity contribution in [2.24, 2.45) is 0 Å². The number of hydrogen-bond acceptors (Lipinski definition) is 4. The summed E-state index contributed by atoms with van der Waals surface area (Å²) in [7, 11) is 1.45. The van der Waals surface area contributed by atoms with Gasteiger partial charge in [0.15, 0.2) is 11.5 Å². The normalized spacial score (nSPS) is 15.6. The van der Waals surface area contributed by atoms with Gasteiger partial charge in [0.25, 0.3) is 0 Å². The second-order valence-corrected chi connectivity index (χ2v) is 6.55. The Kier molecular flexibility index (Phi) is 4.27. The highest BCUT2D eigenvalue weighted by atomic mass is 16.5. The molecule has 1 aliphatic rings. The molecule has 1 aromatic heterocycles. The van der Waals surface area contributed by atoms with Crippen molar-refractivity contribution in [2.45, 2.75) is 12.3 Å². The molecule has 0 fully saturated rings. The van der Waals surface area contributed by atoms with Crippen molar-refractivity contribution in [3.8, 4) is 17.2 Å². The zero-order chi connectivity index (χ0) is 19.8. The molecule has 1 amide bonds. The molecule has 7 heteroatoms. The van der Waals surface area contributed by atoms with E-state index in [1.807, 2.05) is 30.3 Å². The van der Waals surface area contributed by atoms with Crippen molar-refractivity contribution in [3.05, 3.63) is 71.5 Å². The second-order valence-electron chi connectivity index (χ2n) is 6.55. The summed E-state index contributed by atoms with van der Waals surface area (Å²) in [4.78, 5) is 24.2. The molecule has 28 heavy (non-hydrogen) atoms. The first-order valence-corrected chi connectivity index (χ1v) is 8.70. The van der Waals surface area contributed by atoms with Crippen LogP contribution in [0, 0.1) is 0 Å². The third kappa shape index (κ3) is 2.87. The smallest absolute Gasteiger partial charge is 0.339 e. The van der Waals surface area contributed by atoms with Gasteiger partial charge in [-0.15, -0.1) is 0 Å². The largest absolute Gasteiger partial charge is 0.504 e. The van der Waals surface area contributed by atoms with Crippen LogP contribution >= 0.6 is 0 Å². The monoisotopic (exact) mass is 378 g/mol. The van der Waals surface area contributed by atoms with Gasteiger partial charge in [-0.25, -0.2) is 4.79 Å². The molecule has 4 rings (SSSR count). The van der Waals surface area contributed by atoms with Crippen molar-refractivity contribution in [1.82, 2.24) is 4.57 Å². The van der Waals surface area contributed by atoms with Crippen molar-refractivity contribution in [2.75, 3.05) is 12.4 Å². The third-order valence-corrected chi connectivity index (χ3v) is 4.90. The number of phenolic OH excluding ortho intramolecular Hbond substituents is 1. The highest BCUT2D eigenvalue weighted by molar-refractivity contribution is 6.04. The van der Waals surface area contributed by atoms with Gasteiger partial charge in [0.05, 0.1) is 18.5 Å². The Morgan fingerprint density at radius 1 is 1.21 bits per heavy atom. The number of fused-ring (bicyclic) bond motifs is 1. The lowest BCUT2D eigenvalue weighted by atomic mass is 9.88. The SMILES string of the molecule is COc1cc([C@H]2CC(=O)Nc3c(C(=O)O)cn(-c4ccccc4)c32)ccc1O. The van der Waals surface area contributed by atoms with E-state index in [-0.39, 0.29) is 23.6 Å². The Bertz CT molecular complexity index is 1070. The molecule has 1 atom stereocenters. The number of para-hydroxylation sites is 1. The van der Waals surface area contributed by atoms with E-state index in [2.05, 4.69) is 5.32 Å². The van der Waals surface area contributed by atoms with E-state index in [4.69, 9.17) is 4.74 Å². The Morgan fingerprint density at radius 3 is 2.64 bits per heavy atom. The number of carboxylic acids is 1. The first-order valence-electron chi connectivity index (χ1n) is 8.70. The summed E-state index contributed by atoms with van der Waals surface area (Å²) in [6.45, 7) is 0. The lowest BCUT2D eigenvalue weighted by Crippen LogP contribution is -2.25. The Hall–Kier alpha value is -3.74. The molecular formula is C21H18N2O5. The van der Waals surface area contributed by atoms with Gasteiger partial charge in [-0.3, -0.25) is 4.79 Å². The number of carbonyl (C=O) groups is 2. The lowest BCUT2D eigenvalue weighted by Gasteiger charge is -2.26. The number of nitrogens with one attached hydrogen (secondary N) is 1. The summed E-state index contributed by atoms with van der Waals surface area (Å²) in [6.07, 6.45) is 1.68. The Morgan fingerprint density at radius 2 is 1.96 bits per heavy atom. The molecule has 2 heterocycles. The molecule has 142 valence electrons. The summed E-state index contributed by atoms with van der Waals surface area (Å²) < 4.78 is 6.99. The van der Waals surface area contributed by atoms with Gasteiger partial charge in [-0.2, -0.15) is 0 Å². The minimum Gasteiger partial charge on any atom is -0.504 e. The quantitative estimate of drug-likeness (QED) is 0.646. The van der Waals surface area contributed by atoms with Gasteiger partial charge in [0.1, 0.15) is 5.56 Å². The van der Waals surface area contributed by atoms with E-state index in [1.54, 1.807) is 16.7 Å². The number of benzene rings is 2. The number of methoxy groups -OCH3 is 1. The number of hydrogen-bond donors (Lipinski definition) is 3. The molecule has 2 aromatic carbocycles. The average molecular weight is 378 g/mol. The van der Waals surface area contributed by atoms with Gasteiger partial charge in [-0.05, 0) is 29.8 Å². The minimum absolute atomic E-state index is 0.00333. The van der Waals surface area contributed by atoms with Crippen molar-refractivity contribution in [3.63, 3.8) is 0 Å². The van der Waals surface area contributed by atoms with Crippen LogP contribution in [0.4, 0.5) is 5.69 Å². The van der Waals surface area contributed by atoms with Crippen molar-refractivity contribution < 1.29 is 24.5 Å². The number of nitrogens with zero attached hydrogens (tertiary/aromatic N) is 1. The fraction of sp³-hybridized carbons (Fsp3) is 0.143. The summed E-state index contributed by atoms with van der Waals surface area (Å²) in [5, 5.41) is 22.3. The number of aromatic hydroxyl groups is 1. The number of anilines is 1. The number of carbonyl (C=O) groups excluding carboxylic acids is 1. The molecule has 0 unspecified atom stereocenters. The van der Waals surface area contributed by atoms with Crippen LogP contribution in [0.25, 0.3) is 5.69 Å². The van der Waals surface area contributed by atoms with Gasteiger partial charge < -0.3 is 24.8 Å². The predicted molar refractivity (Wildman–Crippen MR) is 102 cm³/mol. The summed E-state index contributed by atoms with van der Waals surface area (Å²) in [6, 6.07) is 14.2. The van der Waals surface area contributed by atoms with Crippen LogP contribution in [0.3, 0.4) is 0 Å². The van der Waals surface area contributed by atoms with Crippen LogP contribution < -0.4 is 10.1 Å². The Labute approximate surface area is 160 Å². The molecule has 3 N–H and O–H groups in total. The summed E-state index contributed by atoms with van der Waals surface area (Å²) >= 11 is 0. The van der Waals surface area contributed by atoms with Crippen LogP contribution in [-0.4, -0.2) is 33.8 Å². The van der Waals surface area contributed by atoms with E-state index in [9.17, 15) is 19.8 Å². The zero-order valence-electron chi connectivity index (χ0n) is 15.0. The first-order chi connectivity index (χ1) is 13.5. The number of aromatic carboxylic acids is 1.